The highest BCUT2D eigenvalue weighted by atomic mass is 35.5. The highest BCUT2D eigenvalue weighted by molar-refractivity contribution is 7.80. The van der Waals surface area contributed by atoms with Crippen molar-refractivity contribution in [3.8, 4) is 0 Å². The lowest BCUT2D eigenvalue weighted by Crippen LogP contribution is -2.35. The lowest BCUT2D eigenvalue weighted by atomic mass is 10.2. The highest BCUT2D eigenvalue weighted by Gasteiger charge is 2.16. The molecule has 4 nitrogen and oxygen atoms in total. The normalized spacial score (nSPS) is 14.9. The topological polar surface area (TPSA) is 50.4 Å². The van der Waals surface area contributed by atoms with Crippen LogP contribution in [-0.4, -0.2) is 24.2 Å². The van der Waals surface area contributed by atoms with E-state index in [9.17, 15) is 4.79 Å². The van der Waals surface area contributed by atoms with Crippen molar-refractivity contribution in [2.24, 2.45) is 0 Å². The summed E-state index contributed by atoms with van der Waals surface area (Å²) in [6, 6.07) is 5.50. The predicted octanol–water partition coefficient (Wildman–Crippen LogP) is 3.36. The summed E-state index contributed by atoms with van der Waals surface area (Å²) < 4.78 is 4.69. The number of nitrogens with one attached hydrogen (secondary N) is 2. The first-order valence-corrected chi connectivity index (χ1v) is 7.34. The fourth-order valence-corrected chi connectivity index (χ4v) is 2.77. The summed E-state index contributed by atoms with van der Waals surface area (Å²) in [5.41, 5.74) is 1.04. The van der Waals surface area contributed by atoms with Gasteiger partial charge in [0.1, 0.15) is 0 Å². The summed E-state index contributed by atoms with van der Waals surface area (Å²) in [6.07, 6.45) is 4.78. The van der Waals surface area contributed by atoms with Gasteiger partial charge in [-0.05, 0) is 43.3 Å². The number of rotatable bonds is 3. The second-order valence-corrected chi connectivity index (χ2v) is 5.58. The van der Waals surface area contributed by atoms with Gasteiger partial charge in [0.15, 0.2) is 5.11 Å². The smallest absolute Gasteiger partial charge is 0.339 e. The van der Waals surface area contributed by atoms with Crippen LogP contribution in [0.15, 0.2) is 18.2 Å². The van der Waals surface area contributed by atoms with E-state index in [1.54, 1.807) is 18.2 Å². The van der Waals surface area contributed by atoms with Crippen LogP contribution in [0.1, 0.15) is 36.0 Å². The van der Waals surface area contributed by atoms with Crippen LogP contribution in [-0.2, 0) is 4.74 Å². The summed E-state index contributed by atoms with van der Waals surface area (Å²) >= 11 is 11.2. The number of halogens is 1. The fourth-order valence-electron chi connectivity index (χ4n) is 2.29. The zero-order valence-corrected chi connectivity index (χ0v) is 12.8. The van der Waals surface area contributed by atoms with E-state index in [1.807, 2.05) is 0 Å². The third-order valence-corrected chi connectivity index (χ3v) is 3.87. The summed E-state index contributed by atoms with van der Waals surface area (Å²) in [5, 5.41) is 7.27. The molecule has 0 amide bonds. The molecule has 0 unspecified atom stereocenters. The predicted molar refractivity (Wildman–Crippen MR) is 84.4 cm³/mol. The number of esters is 1. The number of carbonyl (C=O) groups excluding carboxylic acids is 1. The Balaban J connectivity index is 2.01. The number of thiocarbonyl (C=S) groups is 1. The van der Waals surface area contributed by atoms with Gasteiger partial charge in [-0.3, -0.25) is 0 Å². The van der Waals surface area contributed by atoms with E-state index < -0.39 is 5.97 Å². The van der Waals surface area contributed by atoms with Crippen molar-refractivity contribution in [1.29, 1.82) is 0 Å². The van der Waals surface area contributed by atoms with Crippen molar-refractivity contribution in [2.75, 3.05) is 12.4 Å². The van der Waals surface area contributed by atoms with Gasteiger partial charge >= 0.3 is 5.97 Å². The fraction of sp³-hybridized carbons (Fsp3) is 0.429. The van der Waals surface area contributed by atoms with Crippen LogP contribution >= 0.6 is 23.8 Å². The van der Waals surface area contributed by atoms with Gasteiger partial charge in [-0.1, -0.05) is 24.4 Å². The molecular weight excluding hydrogens is 296 g/mol. The molecule has 1 aromatic rings. The number of ether oxygens (including phenoxy) is 1. The van der Waals surface area contributed by atoms with Crippen molar-refractivity contribution in [3.63, 3.8) is 0 Å². The van der Waals surface area contributed by atoms with Gasteiger partial charge in [-0.2, -0.15) is 0 Å². The maximum atomic E-state index is 11.6. The molecule has 1 aromatic carbocycles. The third kappa shape index (κ3) is 3.84. The van der Waals surface area contributed by atoms with E-state index >= 15 is 0 Å². The monoisotopic (exact) mass is 312 g/mol. The van der Waals surface area contributed by atoms with Crippen LogP contribution in [0.2, 0.25) is 5.02 Å². The zero-order chi connectivity index (χ0) is 14.5. The van der Waals surface area contributed by atoms with Crippen molar-refractivity contribution in [2.45, 2.75) is 31.7 Å². The molecule has 0 bridgehead atoms. The van der Waals surface area contributed by atoms with Crippen LogP contribution in [0.4, 0.5) is 5.69 Å². The number of benzene rings is 1. The molecule has 2 N–H and O–H groups in total. The average Bonchev–Trinajstić information content (AvgIpc) is 2.92. The first-order valence-electron chi connectivity index (χ1n) is 6.55. The van der Waals surface area contributed by atoms with E-state index in [0.29, 0.717) is 27.4 Å². The summed E-state index contributed by atoms with van der Waals surface area (Å²) in [6.45, 7) is 0. The summed E-state index contributed by atoms with van der Waals surface area (Å²) in [4.78, 5) is 11.6. The zero-order valence-electron chi connectivity index (χ0n) is 11.2. The first kappa shape index (κ1) is 15.1. The maximum Gasteiger partial charge on any atom is 0.339 e. The molecule has 1 saturated carbocycles. The maximum absolute atomic E-state index is 11.6. The van der Waals surface area contributed by atoms with Gasteiger partial charge in [0.2, 0.25) is 0 Å². The molecule has 0 atom stereocenters. The largest absolute Gasteiger partial charge is 0.465 e. The molecule has 0 spiro atoms. The quantitative estimate of drug-likeness (QED) is 0.662. The number of carbonyl (C=O) groups is 1. The van der Waals surface area contributed by atoms with Gasteiger partial charge in [-0.15, -0.1) is 0 Å². The van der Waals surface area contributed by atoms with Crippen LogP contribution in [0, 0.1) is 0 Å². The van der Waals surface area contributed by atoms with Crippen LogP contribution in [0.25, 0.3) is 0 Å². The molecule has 108 valence electrons. The standard InChI is InChI=1S/C14H17ClN2O2S/c1-19-13(18)11-8-10(6-7-12(11)15)17-14(20)16-9-4-2-3-5-9/h6-9H,2-5H2,1H3,(H2,16,17,20). The van der Waals surface area contributed by atoms with E-state index in [4.69, 9.17) is 23.8 Å². The molecule has 1 aliphatic rings. The molecule has 0 radical (unpaired) electrons. The second-order valence-electron chi connectivity index (χ2n) is 4.77. The molecule has 0 aromatic heterocycles. The highest BCUT2D eigenvalue weighted by Crippen LogP contribution is 2.22. The molecule has 6 heteroatoms. The molecule has 1 fully saturated rings. The third-order valence-electron chi connectivity index (χ3n) is 3.32. The summed E-state index contributed by atoms with van der Waals surface area (Å²) in [5.74, 6) is -0.465. The van der Waals surface area contributed by atoms with Gasteiger partial charge in [0.05, 0.1) is 17.7 Å². The van der Waals surface area contributed by atoms with Crippen molar-refractivity contribution in [3.05, 3.63) is 28.8 Å². The molecule has 0 heterocycles. The minimum atomic E-state index is -0.465. The number of anilines is 1. The van der Waals surface area contributed by atoms with Crippen LogP contribution in [0.3, 0.4) is 0 Å². The Hall–Kier alpha value is -1.33. The van der Waals surface area contributed by atoms with Crippen LogP contribution < -0.4 is 10.6 Å². The minimum absolute atomic E-state index is 0.322. The number of hydrogen-bond donors (Lipinski definition) is 2. The van der Waals surface area contributed by atoms with Crippen molar-refractivity contribution >= 4 is 40.6 Å². The molecule has 0 saturated heterocycles. The van der Waals surface area contributed by atoms with Gasteiger partial charge in [0.25, 0.3) is 0 Å². The van der Waals surface area contributed by atoms with E-state index in [1.165, 1.54) is 20.0 Å². The Bertz CT molecular complexity index is 516. The SMILES string of the molecule is COC(=O)c1cc(NC(=S)NC2CCCC2)ccc1Cl. The summed E-state index contributed by atoms with van der Waals surface area (Å²) in [7, 11) is 1.32. The molecule has 2 rings (SSSR count). The average molecular weight is 313 g/mol. The lowest BCUT2D eigenvalue weighted by molar-refractivity contribution is 0.0601. The Kier molecular flexibility index (Phi) is 5.20. The second kappa shape index (κ2) is 6.90. The molecule has 20 heavy (non-hydrogen) atoms. The van der Waals surface area contributed by atoms with Crippen molar-refractivity contribution in [1.82, 2.24) is 5.32 Å². The van der Waals surface area contributed by atoms with Crippen molar-refractivity contribution < 1.29 is 9.53 Å². The Labute approximate surface area is 128 Å². The first-order chi connectivity index (χ1) is 9.60. The minimum Gasteiger partial charge on any atom is -0.465 e. The van der Waals surface area contributed by atoms with Gasteiger partial charge in [-0.25, -0.2) is 4.79 Å². The molecule has 0 aliphatic heterocycles. The molecular formula is C14H17ClN2O2S. The van der Waals surface area contributed by atoms with E-state index in [0.717, 1.165) is 12.8 Å². The van der Waals surface area contributed by atoms with E-state index in [2.05, 4.69) is 15.4 Å². The van der Waals surface area contributed by atoms with E-state index in [-0.39, 0.29) is 0 Å². The lowest BCUT2D eigenvalue weighted by Gasteiger charge is -2.16. The Morgan fingerprint density at radius 2 is 2.10 bits per heavy atom. The number of hydrogen-bond acceptors (Lipinski definition) is 3. The van der Waals surface area contributed by atoms with Gasteiger partial charge < -0.3 is 15.4 Å². The Morgan fingerprint density at radius 3 is 2.75 bits per heavy atom. The Morgan fingerprint density at radius 1 is 1.40 bits per heavy atom. The molecule has 1 aliphatic carbocycles. The van der Waals surface area contributed by atoms with Gasteiger partial charge in [0, 0.05) is 11.7 Å². The number of methoxy groups -OCH3 is 1. The van der Waals surface area contributed by atoms with Crippen LogP contribution in [0.5, 0.6) is 0 Å².